The molecule has 1 saturated heterocycles. The first kappa shape index (κ1) is 14.6. The fraction of sp³-hybridized carbons (Fsp3) is 0.917. The van der Waals surface area contributed by atoms with Gasteiger partial charge in [0.15, 0.2) is 0 Å². The number of hydrogen-bond acceptors (Lipinski definition) is 3. The quantitative estimate of drug-likeness (QED) is 0.798. The highest BCUT2D eigenvalue weighted by atomic mass is 32.2. The van der Waals surface area contributed by atoms with Gasteiger partial charge in [-0.05, 0) is 39.2 Å². The fourth-order valence-electron chi connectivity index (χ4n) is 2.17. The number of piperidine rings is 1. The Morgan fingerprint density at radius 2 is 1.88 bits per heavy atom. The molecule has 5 heteroatoms. The summed E-state index contributed by atoms with van der Waals surface area (Å²) >= 11 is 0. The average Bonchev–Trinajstić information content (AvgIpc) is 2.37. The summed E-state index contributed by atoms with van der Waals surface area (Å²) in [5, 5.41) is -0.390. The zero-order valence-electron chi connectivity index (χ0n) is 10.9. The molecule has 1 fully saturated rings. The van der Waals surface area contributed by atoms with Gasteiger partial charge >= 0.3 is 0 Å². The van der Waals surface area contributed by atoms with Crippen LogP contribution in [-0.2, 0) is 15.6 Å². The van der Waals surface area contributed by atoms with Crippen molar-refractivity contribution in [2.75, 3.05) is 19.6 Å². The van der Waals surface area contributed by atoms with E-state index in [0.29, 0.717) is 13.0 Å². The Hall–Kier alpha value is -0.420. The van der Waals surface area contributed by atoms with E-state index in [1.165, 1.54) is 6.42 Å². The van der Waals surface area contributed by atoms with E-state index in [9.17, 15) is 9.00 Å². The van der Waals surface area contributed by atoms with E-state index >= 15 is 0 Å². The van der Waals surface area contributed by atoms with Crippen LogP contribution in [0.15, 0.2) is 0 Å². The Bertz CT molecular complexity index is 278. The van der Waals surface area contributed by atoms with Crippen LogP contribution in [0.4, 0.5) is 0 Å². The van der Waals surface area contributed by atoms with Crippen LogP contribution in [0.1, 0.15) is 39.5 Å². The maximum Gasteiger partial charge on any atom is 0.238 e. The molecule has 1 rings (SSSR count). The van der Waals surface area contributed by atoms with Gasteiger partial charge in [0.05, 0.1) is 0 Å². The number of carbonyl (C=O) groups excluding carboxylic acids is 1. The first-order chi connectivity index (χ1) is 8.07. The van der Waals surface area contributed by atoms with Crippen molar-refractivity contribution in [2.45, 2.75) is 50.0 Å². The smallest absolute Gasteiger partial charge is 0.238 e. The molecule has 3 unspecified atom stereocenters. The molecule has 1 heterocycles. The van der Waals surface area contributed by atoms with Gasteiger partial charge in [0, 0.05) is 29.1 Å². The monoisotopic (exact) mass is 260 g/mol. The Balaban J connectivity index is 2.52. The predicted octanol–water partition coefficient (Wildman–Crippen LogP) is 0.873. The third-order valence-electron chi connectivity index (χ3n) is 3.33. The van der Waals surface area contributed by atoms with Gasteiger partial charge in [-0.15, -0.1) is 0 Å². The number of carbonyl (C=O) groups is 1. The molecule has 0 bridgehead atoms. The number of amides is 1. The fourth-order valence-corrected chi connectivity index (χ4v) is 3.58. The van der Waals surface area contributed by atoms with Crippen LogP contribution in [0.3, 0.4) is 0 Å². The van der Waals surface area contributed by atoms with Crippen molar-refractivity contribution in [3.63, 3.8) is 0 Å². The molecule has 0 aromatic heterocycles. The lowest BCUT2D eigenvalue weighted by atomic mass is 10.1. The van der Waals surface area contributed by atoms with E-state index in [-0.39, 0.29) is 11.2 Å². The summed E-state index contributed by atoms with van der Waals surface area (Å²) in [5.41, 5.74) is 5.46. The lowest BCUT2D eigenvalue weighted by Gasteiger charge is -2.29. The van der Waals surface area contributed by atoms with Crippen LogP contribution < -0.4 is 5.73 Å². The molecule has 0 saturated carbocycles. The number of hydrogen-bond donors (Lipinski definition) is 1. The topological polar surface area (TPSA) is 63.4 Å². The van der Waals surface area contributed by atoms with E-state index in [4.69, 9.17) is 5.73 Å². The third-order valence-corrected chi connectivity index (χ3v) is 5.26. The minimum atomic E-state index is -1.11. The van der Waals surface area contributed by atoms with Crippen molar-refractivity contribution in [3.05, 3.63) is 0 Å². The molecule has 0 aromatic carbocycles. The molecule has 0 aromatic rings. The van der Waals surface area contributed by atoms with Gasteiger partial charge in [-0.25, -0.2) is 0 Å². The number of likely N-dealkylation sites (tertiary alicyclic amines) is 1. The summed E-state index contributed by atoms with van der Waals surface area (Å²) in [7, 11) is -1.11. The van der Waals surface area contributed by atoms with E-state index in [2.05, 4.69) is 0 Å². The number of nitrogens with zero attached hydrogens (tertiary/aromatic N) is 1. The second-order valence-electron chi connectivity index (χ2n) is 4.74. The molecule has 17 heavy (non-hydrogen) atoms. The van der Waals surface area contributed by atoms with Crippen LogP contribution >= 0.6 is 0 Å². The van der Waals surface area contributed by atoms with Gasteiger partial charge in [-0.1, -0.05) is 6.92 Å². The highest BCUT2D eigenvalue weighted by molar-refractivity contribution is 7.87. The lowest BCUT2D eigenvalue weighted by molar-refractivity contribution is -0.131. The Kier molecular flexibility index (Phi) is 6.12. The van der Waals surface area contributed by atoms with Gasteiger partial charge < -0.3 is 10.6 Å². The molecule has 1 aliphatic rings. The minimum Gasteiger partial charge on any atom is -0.342 e. The molecular weight excluding hydrogens is 236 g/mol. The number of rotatable bonds is 5. The van der Waals surface area contributed by atoms with Gasteiger partial charge in [0.2, 0.25) is 5.91 Å². The highest BCUT2D eigenvalue weighted by Crippen LogP contribution is 2.14. The van der Waals surface area contributed by atoms with Crippen molar-refractivity contribution in [1.82, 2.24) is 4.90 Å². The largest absolute Gasteiger partial charge is 0.342 e. The average molecular weight is 260 g/mol. The molecule has 3 atom stereocenters. The molecule has 1 amide bonds. The Morgan fingerprint density at radius 3 is 2.41 bits per heavy atom. The van der Waals surface area contributed by atoms with Crippen molar-refractivity contribution >= 4 is 16.7 Å². The molecule has 0 radical (unpaired) electrons. The van der Waals surface area contributed by atoms with Crippen molar-refractivity contribution in [2.24, 2.45) is 5.73 Å². The van der Waals surface area contributed by atoms with Crippen LogP contribution in [0.2, 0.25) is 0 Å². The summed E-state index contributed by atoms with van der Waals surface area (Å²) in [6.45, 7) is 5.86. The molecule has 4 nitrogen and oxygen atoms in total. The minimum absolute atomic E-state index is 0.00346. The zero-order chi connectivity index (χ0) is 12.8. The summed E-state index contributed by atoms with van der Waals surface area (Å²) < 4.78 is 12.1. The second-order valence-corrected chi connectivity index (χ2v) is 6.91. The predicted molar refractivity (Wildman–Crippen MR) is 71.2 cm³/mol. The molecule has 100 valence electrons. The molecule has 0 spiro atoms. The molecular formula is C12H24N2O2S. The summed E-state index contributed by atoms with van der Waals surface area (Å²) in [6.07, 6.45) is 4.06. The highest BCUT2D eigenvalue weighted by Gasteiger charge is 2.28. The standard InChI is InChI=1S/C12H24N2O2S/c1-10(6-7-13)17(16)11(2)12(15)14-8-4-3-5-9-14/h10-11H,3-9,13H2,1-2H3. The lowest BCUT2D eigenvalue weighted by Crippen LogP contribution is -2.44. The second kappa shape index (κ2) is 7.11. The van der Waals surface area contributed by atoms with Gasteiger partial charge in [-0.2, -0.15) is 0 Å². The first-order valence-corrected chi connectivity index (χ1v) is 7.73. The first-order valence-electron chi connectivity index (χ1n) is 6.46. The van der Waals surface area contributed by atoms with Crippen molar-refractivity contribution in [3.8, 4) is 0 Å². The third kappa shape index (κ3) is 4.07. The van der Waals surface area contributed by atoms with Crippen LogP contribution in [0, 0.1) is 0 Å². The summed E-state index contributed by atoms with van der Waals surface area (Å²) in [4.78, 5) is 14.0. The Labute approximate surface area is 106 Å². The van der Waals surface area contributed by atoms with E-state index in [1.807, 2.05) is 11.8 Å². The zero-order valence-corrected chi connectivity index (χ0v) is 11.7. The summed E-state index contributed by atoms with van der Waals surface area (Å²) in [5.74, 6) is 0.0481. The maximum absolute atomic E-state index is 12.1. The van der Waals surface area contributed by atoms with Crippen molar-refractivity contribution < 1.29 is 9.00 Å². The van der Waals surface area contributed by atoms with Gasteiger partial charge in [0.1, 0.15) is 5.25 Å². The maximum atomic E-state index is 12.1. The van der Waals surface area contributed by atoms with E-state index in [0.717, 1.165) is 25.9 Å². The number of nitrogens with two attached hydrogens (primary N) is 1. The Morgan fingerprint density at radius 1 is 1.29 bits per heavy atom. The summed E-state index contributed by atoms with van der Waals surface area (Å²) in [6, 6.07) is 0. The van der Waals surface area contributed by atoms with Gasteiger partial charge in [0.25, 0.3) is 0 Å². The van der Waals surface area contributed by atoms with Crippen LogP contribution in [-0.4, -0.2) is 45.2 Å². The van der Waals surface area contributed by atoms with Crippen LogP contribution in [0.5, 0.6) is 0 Å². The van der Waals surface area contributed by atoms with Gasteiger partial charge in [-0.3, -0.25) is 9.00 Å². The van der Waals surface area contributed by atoms with E-state index in [1.54, 1.807) is 6.92 Å². The molecule has 1 aliphatic heterocycles. The SMILES string of the molecule is CC(CCN)S(=O)C(C)C(=O)N1CCCCC1. The van der Waals surface area contributed by atoms with Crippen LogP contribution in [0.25, 0.3) is 0 Å². The normalized spacial score (nSPS) is 21.9. The molecule has 2 N–H and O–H groups in total. The van der Waals surface area contributed by atoms with E-state index < -0.39 is 16.0 Å². The molecule has 0 aliphatic carbocycles. The van der Waals surface area contributed by atoms with Crippen molar-refractivity contribution in [1.29, 1.82) is 0 Å².